The van der Waals surface area contributed by atoms with Crippen molar-refractivity contribution in [3.63, 3.8) is 0 Å². The highest BCUT2D eigenvalue weighted by Crippen LogP contribution is 2.53. The Morgan fingerprint density at radius 3 is 2.03 bits per heavy atom. The van der Waals surface area contributed by atoms with E-state index in [0.29, 0.717) is 5.56 Å². The SMILES string of the molecule is CC1(C)S[C@@H]2C(NC(=O)C(N)c3ccccc3)C(=O)N2[C@H]1C(=O)OCOC(=O)[C@@H]1N2C(=O)[C@@H](Cl)[C@H]2SC1(C)C. The topological polar surface area (TPSA) is 148 Å². The highest BCUT2D eigenvalue weighted by atomic mass is 35.5. The zero-order valence-corrected chi connectivity index (χ0v) is 24.0. The number of amides is 3. The molecule has 0 aromatic heterocycles. The number of rotatable bonds is 7. The monoisotopic (exact) mass is 596 g/mol. The van der Waals surface area contributed by atoms with Gasteiger partial charge in [0, 0.05) is 9.49 Å². The lowest BCUT2D eigenvalue weighted by atomic mass is 9.95. The summed E-state index contributed by atoms with van der Waals surface area (Å²) in [5.74, 6) is -2.69. The van der Waals surface area contributed by atoms with Crippen LogP contribution in [0.4, 0.5) is 0 Å². The molecule has 1 aromatic rings. The van der Waals surface area contributed by atoms with Crippen molar-refractivity contribution in [3.05, 3.63) is 35.9 Å². The molecular formula is C25H29ClN4O7S2. The molecule has 3 N–H and O–H groups in total. The molecule has 210 valence electrons. The van der Waals surface area contributed by atoms with Crippen LogP contribution in [-0.4, -0.2) is 90.0 Å². The van der Waals surface area contributed by atoms with Crippen molar-refractivity contribution in [1.29, 1.82) is 0 Å². The fourth-order valence-electron chi connectivity index (χ4n) is 5.43. The van der Waals surface area contributed by atoms with Crippen LogP contribution in [0.5, 0.6) is 0 Å². The number of alkyl halides is 1. The Morgan fingerprint density at radius 2 is 1.46 bits per heavy atom. The number of benzene rings is 1. The second-order valence-electron chi connectivity index (χ2n) is 10.8. The first kappa shape index (κ1) is 28.1. The predicted octanol–water partition coefficient (Wildman–Crippen LogP) is 0.947. The van der Waals surface area contributed by atoms with Crippen molar-refractivity contribution in [2.75, 3.05) is 6.79 Å². The summed E-state index contributed by atoms with van der Waals surface area (Å²) in [6, 6.07) is 5.22. The number of ether oxygens (including phenoxy) is 2. The zero-order valence-electron chi connectivity index (χ0n) is 21.7. The third-order valence-electron chi connectivity index (χ3n) is 7.40. The third-order valence-corrected chi connectivity index (χ3v) is 11.1. The van der Waals surface area contributed by atoms with Crippen LogP contribution in [0.2, 0.25) is 0 Å². The molecule has 3 amide bonds. The molecule has 7 atom stereocenters. The molecule has 4 saturated heterocycles. The summed E-state index contributed by atoms with van der Waals surface area (Å²) in [7, 11) is 0. The molecule has 1 aromatic carbocycles. The van der Waals surface area contributed by atoms with Crippen LogP contribution in [0.3, 0.4) is 0 Å². The molecule has 0 spiro atoms. The third kappa shape index (κ3) is 4.56. The molecule has 4 aliphatic heterocycles. The van der Waals surface area contributed by atoms with E-state index < -0.39 is 75.0 Å². The van der Waals surface area contributed by atoms with Gasteiger partial charge in [0.05, 0.1) is 0 Å². The molecule has 2 unspecified atom stereocenters. The zero-order chi connectivity index (χ0) is 28.4. The highest BCUT2D eigenvalue weighted by Gasteiger charge is 2.65. The van der Waals surface area contributed by atoms with Crippen LogP contribution in [0.25, 0.3) is 0 Å². The molecule has 0 radical (unpaired) electrons. The van der Waals surface area contributed by atoms with E-state index in [4.69, 9.17) is 26.8 Å². The van der Waals surface area contributed by atoms with Gasteiger partial charge in [0.15, 0.2) is 0 Å². The summed E-state index contributed by atoms with van der Waals surface area (Å²) >= 11 is 8.85. The van der Waals surface area contributed by atoms with E-state index in [1.165, 1.54) is 33.3 Å². The summed E-state index contributed by atoms with van der Waals surface area (Å²) in [5, 5.41) is 1.24. The van der Waals surface area contributed by atoms with Gasteiger partial charge in [0.2, 0.25) is 24.5 Å². The lowest BCUT2D eigenvalue weighted by molar-refractivity contribution is -0.181. The average Bonchev–Trinajstić information content (AvgIpc) is 3.31. The normalized spacial score (nSPS) is 32.4. The van der Waals surface area contributed by atoms with Gasteiger partial charge in [0.25, 0.3) is 0 Å². The number of carbonyl (C=O) groups is 5. The Morgan fingerprint density at radius 1 is 0.949 bits per heavy atom. The number of halogens is 1. The maximum absolute atomic E-state index is 13.1. The summed E-state index contributed by atoms with van der Waals surface area (Å²) < 4.78 is 9.13. The second kappa shape index (κ2) is 9.86. The standard InChI is InChI=1S/C25H29ClN4O7S2/c1-24(2)15(29-18(32)12(26)20(29)38-24)22(34)36-10-37-23(35)16-25(3,4)39-21-14(19(33)30(16)21)28-17(31)13(27)11-8-6-5-7-9-11/h5-9,12-16,20-21H,10,27H2,1-4H3,(H,28,31)/t12-,13?,14?,15+,16+,20-,21-/m1/s1. The summed E-state index contributed by atoms with van der Waals surface area (Å²) in [6.45, 7) is 6.57. The van der Waals surface area contributed by atoms with Gasteiger partial charge in [-0.2, -0.15) is 0 Å². The predicted molar refractivity (Wildman–Crippen MR) is 144 cm³/mol. The van der Waals surface area contributed by atoms with Crippen molar-refractivity contribution in [1.82, 2.24) is 15.1 Å². The molecule has 4 aliphatic rings. The number of β-lactam (4-membered cyclic amide) rings is 2. The summed E-state index contributed by atoms with van der Waals surface area (Å²) in [4.78, 5) is 66.6. The van der Waals surface area contributed by atoms with Crippen LogP contribution < -0.4 is 11.1 Å². The molecule has 0 aliphatic carbocycles. The Labute approximate surface area is 238 Å². The van der Waals surface area contributed by atoms with E-state index in [1.807, 2.05) is 19.9 Å². The Balaban J connectivity index is 1.17. The summed E-state index contributed by atoms with van der Waals surface area (Å²) in [6.07, 6.45) is 0. The van der Waals surface area contributed by atoms with Crippen molar-refractivity contribution >= 4 is 64.8 Å². The van der Waals surface area contributed by atoms with E-state index in [1.54, 1.807) is 38.1 Å². The first-order valence-electron chi connectivity index (χ1n) is 12.3. The van der Waals surface area contributed by atoms with Crippen LogP contribution >= 0.6 is 35.1 Å². The van der Waals surface area contributed by atoms with Crippen molar-refractivity contribution in [2.45, 2.75) is 77.5 Å². The lowest BCUT2D eigenvalue weighted by Gasteiger charge is -2.44. The van der Waals surface area contributed by atoms with Gasteiger partial charge in [0.1, 0.15) is 40.3 Å². The van der Waals surface area contributed by atoms with E-state index in [9.17, 15) is 24.0 Å². The highest BCUT2D eigenvalue weighted by molar-refractivity contribution is 8.02. The minimum atomic E-state index is -0.952. The number of nitrogens with two attached hydrogens (primary N) is 1. The molecule has 39 heavy (non-hydrogen) atoms. The number of hydrogen-bond acceptors (Lipinski definition) is 10. The van der Waals surface area contributed by atoms with Crippen molar-refractivity contribution < 1.29 is 33.4 Å². The fourth-order valence-corrected chi connectivity index (χ4v) is 8.98. The lowest BCUT2D eigenvalue weighted by Crippen LogP contribution is -2.71. The first-order chi connectivity index (χ1) is 18.3. The number of carbonyl (C=O) groups excluding carboxylic acids is 5. The molecule has 0 saturated carbocycles. The Bertz CT molecular complexity index is 1230. The minimum Gasteiger partial charge on any atom is -0.426 e. The van der Waals surface area contributed by atoms with E-state index in [0.717, 1.165) is 0 Å². The number of fused-ring (bicyclic) bond motifs is 2. The van der Waals surface area contributed by atoms with E-state index in [-0.39, 0.29) is 11.3 Å². The Hall–Kier alpha value is -2.48. The van der Waals surface area contributed by atoms with Gasteiger partial charge in [-0.1, -0.05) is 30.3 Å². The maximum atomic E-state index is 13.1. The van der Waals surface area contributed by atoms with Crippen LogP contribution in [0, 0.1) is 0 Å². The van der Waals surface area contributed by atoms with E-state index >= 15 is 0 Å². The van der Waals surface area contributed by atoms with Crippen molar-refractivity contribution in [2.24, 2.45) is 5.73 Å². The van der Waals surface area contributed by atoms with Gasteiger partial charge >= 0.3 is 11.9 Å². The molecule has 4 heterocycles. The molecule has 5 rings (SSSR count). The largest absolute Gasteiger partial charge is 0.426 e. The number of nitrogens with zero attached hydrogens (tertiary/aromatic N) is 2. The van der Waals surface area contributed by atoms with Crippen LogP contribution in [0.1, 0.15) is 39.3 Å². The smallest absolute Gasteiger partial charge is 0.333 e. The summed E-state index contributed by atoms with van der Waals surface area (Å²) in [5.41, 5.74) is 6.68. The molecule has 11 nitrogen and oxygen atoms in total. The van der Waals surface area contributed by atoms with Gasteiger partial charge in [-0.25, -0.2) is 9.59 Å². The minimum absolute atomic E-state index is 0.310. The second-order valence-corrected chi connectivity index (χ2v) is 14.9. The molecule has 14 heteroatoms. The van der Waals surface area contributed by atoms with Gasteiger partial charge in [-0.3, -0.25) is 14.4 Å². The van der Waals surface area contributed by atoms with Gasteiger partial charge in [-0.05, 0) is 33.3 Å². The van der Waals surface area contributed by atoms with Crippen LogP contribution in [-0.2, 0) is 33.4 Å². The van der Waals surface area contributed by atoms with Crippen molar-refractivity contribution in [3.8, 4) is 0 Å². The average molecular weight is 597 g/mol. The molecule has 0 bridgehead atoms. The number of nitrogens with one attached hydrogen (secondary N) is 1. The van der Waals surface area contributed by atoms with Gasteiger partial charge < -0.3 is 30.3 Å². The number of hydrogen-bond donors (Lipinski definition) is 2. The molecule has 4 fully saturated rings. The molecular weight excluding hydrogens is 568 g/mol. The first-order valence-corrected chi connectivity index (χ1v) is 14.5. The number of thioether (sulfide) groups is 2. The van der Waals surface area contributed by atoms with Crippen LogP contribution in [0.15, 0.2) is 30.3 Å². The van der Waals surface area contributed by atoms with E-state index in [2.05, 4.69) is 5.32 Å². The maximum Gasteiger partial charge on any atom is 0.333 e. The van der Waals surface area contributed by atoms with Gasteiger partial charge in [-0.15, -0.1) is 35.1 Å². The Kier molecular flexibility index (Phi) is 7.09. The number of esters is 2. The quantitative estimate of drug-likeness (QED) is 0.202. The fraction of sp³-hybridized carbons (Fsp3) is 0.560.